The highest BCUT2D eigenvalue weighted by molar-refractivity contribution is 6.06. The number of amides is 2. The van der Waals surface area contributed by atoms with E-state index in [-0.39, 0.29) is 17.9 Å². The van der Waals surface area contributed by atoms with Crippen LogP contribution in [0.2, 0.25) is 0 Å². The van der Waals surface area contributed by atoms with Gasteiger partial charge in [0.2, 0.25) is 5.91 Å². The summed E-state index contributed by atoms with van der Waals surface area (Å²) < 4.78 is 12.1. The molecule has 144 valence electrons. The normalized spacial score (nSPS) is 19.3. The van der Waals surface area contributed by atoms with Gasteiger partial charge < -0.3 is 20.1 Å². The Bertz CT molecular complexity index is 863. The molecule has 9 heteroatoms. The van der Waals surface area contributed by atoms with Gasteiger partial charge in [0.25, 0.3) is 5.91 Å². The van der Waals surface area contributed by atoms with Crippen molar-refractivity contribution in [2.45, 2.75) is 32.6 Å². The van der Waals surface area contributed by atoms with E-state index in [9.17, 15) is 9.59 Å². The van der Waals surface area contributed by atoms with E-state index in [1.54, 1.807) is 28.9 Å². The second kappa shape index (κ2) is 7.67. The van der Waals surface area contributed by atoms with Crippen molar-refractivity contribution in [1.29, 1.82) is 0 Å². The zero-order valence-corrected chi connectivity index (χ0v) is 15.7. The number of methoxy groups -OCH3 is 2. The highest BCUT2D eigenvalue weighted by atomic mass is 16.5. The minimum atomic E-state index is -0.544. The first-order chi connectivity index (χ1) is 12.9. The van der Waals surface area contributed by atoms with Crippen molar-refractivity contribution >= 4 is 17.6 Å². The number of ether oxygens (including phenoxy) is 2. The molecular formula is C18H23N5O4. The number of nitrogens with zero attached hydrogens (tertiary/aromatic N) is 2. The van der Waals surface area contributed by atoms with E-state index in [2.05, 4.69) is 21.0 Å². The number of carbonyl (C=O) groups excluding carboxylic acids is 2. The number of hydrogen-bond donors (Lipinski definition) is 3. The average Bonchev–Trinajstić information content (AvgIpc) is 3.00. The van der Waals surface area contributed by atoms with Gasteiger partial charge in [-0.25, -0.2) is 4.68 Å². The zero-order valence-electron chi connectivity index (χ0n) is 15.7. The molecule has 0 bridgehead atoms. The van der Waals surface area contributed by atoms with Gasteiger partial charge in [-0.2, -0.15) is 5.10 Å². The van der Waals surface area contributed by atoms with Crippen LogP contribution >= 0.6 is 0 Å². The quantitative estimate of drug-likeness (QED) is 0.732. The van der Waals surface area contributed by atoms with Crippen LogP contribution in [-0.2, 0) is 4.79 Å². The van der Waals surface area contributed by atoms with E-state index in [1.807, 2.05) is 13.8 Å². The van der Waals surface area contributed by atoms with Gasteiger partial charge in [0.15, 0.2) is 17.8 Å². The minimum Gasteiger partial charge on any atom is -0.493 e. The minimum absolute atomic E-state index is 0.00436. The summed E-state index contributed by atoms with van der Waals surface area (Å²) in [4.78, 5) is 24.7. The maximum absolute atomic E-state index is 12.8. The van der Waals surface area contributed by atoms with Crippen LogP contribution in [0.4, 0.5) is 5.82 Å². The molecule has 9 nitrogen and oxygen atoms in total. The standard InChI is InChI=1S/C18H23N5O4/c1-10-9-15(24)21-18(19-10)23-14(8-11(2)22-23)20-17(25)12-6-5-7-13(26-3)16(12)27-4/h5-8,10,18-19H,9H2,1-4H3,(H,20,25)(H,21,24). The lowest BCUT2D eigenvalue weighted by atomic mass is 10.1. The van der Waals surface area contributed by atoms with E-state index < -0.39 is 6.29 Å². The molecule has 3 rings (SSSR count). The van der Waals surface area contributed by atoms with Crippen LogP contribution in [0, 0.1) is 6.92 Å². The number of rotatable bonds is 5. The Kier molecular flexibility index (Phi) is 5.31. The van der Waals surface area contributed by atoms with E-state index >= 15 is 0 Å². The first-order valence-corrected chi connectivity index (χ1v) is 8.56. The van der Waals surface area contributed by atoms with Crippen LogP contribution in [0.1, 0.15) is 35.7 Å². The molecule has 1 aliphatic heterocycles. The second-order valence-electron chi connectivity index (χ2n) is 6.35. The summed E-state index contributed by atoms with van der Waals surface area (Å²) in [6.45, 7) is 3.73. The number of hydrogen-bond acceptors (Lipinski definition) is 6. The summed E-state index contributed by atoms with van der Waals surface area (Å²) in [5.74, 6) is 0.811. The molecule has 1 aromatic heterocycles. The Labute approximate surface area is 157 Å². The lowest BCUT2D eigenvalue weighted by molar-refractivity contribution is -0.125. The average molecular weight is 373 g/mol. The molecule has 1 aliphatic rings. The predicted molar refractivity (Wildman–Crippen MR) is 98.9 cm³/mol. The van der Waals surface area contributed by atoms with Crippen molar-refractivity contribution < 1.29 is 19.1 Å². The van der Waals surface area contributed by atoms with Crippen LogP contribution in [-0.4, -0.2) is 41.9 Å². The molecule has 0 radical (unpaired) electrons. The highest BCUT2D eigenvalue weighted by Crippen LogP contribution is 2.31. The molecule has 3 N–H and O–H groups in total. The van der Waals surface area contributed by atoms with Gasteiger partial charge in [-0.3, -0.25) is 14.9 Å². The van der Waals surface area contributed by atoms with Crippen molar-refractivity contribution in [2.75, 3.05) is 19.5 Å². The van der Waals surface area contributed by atoms with Gasteiger partial charge >= 0.3 is 0 Å². The fourth-order valence-electron chi connectivity index (χ4n) is 3.05. The third-order valence-electron chi connectivity index (χ3n) is 4.22. The fraction of sp³-hybridized carbons (Fsp3) is 0.389. The lowest BCUT2D eigenvalue weighted by Crippen LogP contribution is -2.52. The first-order valence-electron chi connectivity index (χ1n) is 8.56. The Morgan fingerprint density at radius 1 is 1.33 bits per heavy atom. The Balaban J connectivity index is 1.89. The molecule has 1 aromatic carbocycles. The van der Waals surface area contributed by atoms with Crippen LogP contribution in [0.25, 0.3) is 0 Å². The highest BCUT2D eigenvalue weighted by Gasteiger charge is 2.27. The molecule has 1 saturated heterocycles. The topological polar surface area (TPSA) is 107 Å². The van der Waals surface area contributed by atoms with Crippen molar-refractivity contribution in [2.24, 2.45) is 0 Å². The summed E-state index contributed by atoms with van der Waals surface area (Å²) >= 11 is 0. The Hall–Kier alpha value is -3.07. The molecule has 2 amide bonds. The van der Waals surface area contributed by atoms with Gasteiger partial charge in [-0.05, 0) is 26.0 Å². The molecule has 2 unspecified atom stereocenters. The Morgan fingerprint density at radius 2 is 2.11 bits per heavy atom. The SMILES string of the molecule is COc1cccc(C(=O)Nc2cc(C)nn2C2NC(=O)CC(C)N2)c1OC. The van der Waals surface area contributed by atoms with Crippen LogP contribution < -0.4 is 25.4 Å². The zero-order chi connectivity index (χ0) is 19.6. The van der Waals surface area contributed by atoms with Crippen molar-refractivity contribution in [3.05, 3.63) is 35.5 Å². The number of benzene rings is 1. The maximum atomic E-state index is 12.8. The van der Waals surface area contributed by atoms with Gasteiger partial charge in [0, 0.05) is 18.5 Å². The van der Waals surface area contributed by atoms with Crippen molar-refractivity contribution in [1.82, 2.24) is 20.4 Å². The molecule has 2 heterocycles. The van der Waals surface area contributed by atoms with Crippen LogP contribution in [0.5, 0.6) is 11.5 Å². The lowest BCUT2D eigenvalue weighted by Gasteiger charge is -2.30. The third-order valence-corrected chi connectivity index (χ3v) is 4.22. The summed E-state index contributed by atoms with van der Waals surface area (Å²) in [5.41, 5.74) is 1.04. The molecule has 2 atom stereocenters. The molecular weight excluding hydrogens is 350 g/mol. The van der Waals surface area contributed by atoms with E-state index in [0.29, 0.717) is 35.0 Å². The number of aryl methyl sites for hydroxylation is 1. The summed E-state index contributed by atoms with van der Waals surface area (Å²) in [7, 11) is 2.99. The summed E-state index contributed by atoms with van der Waals surface area (Å²) in [5, 5.41) is 13.3. The fourth-order valence-corrected chi connectivity index (χ4v) is 3.05. The van der Waals surface area contributed by atoms with Gasteiger partial charge in [-0.15, -0.1) is 0 Å². The predicted octanol–water partition coefficient (Wildman–Crippen LogP) is 1.42. The number of nitrogens with one attached hydrogen (secondary N) is 3. The number of para-hydroxylation sites is 1. The van der Waals surface area contributed by atoms with E-state index in [0.717, 1.165) is 0 Å². The number of aromatic nitrogens is 2. The third kappa shape index (κ3) is 3.87. The van der Waals surface area contributed by atoms with Gasteiger partial charge in [-0.1, -0.05) is 6.07 Å². The second-order valence-corrected chi connectivity index (χ2v) is 6.35. The molecule has 2 aromatic rings. The molecule has 0 aliphatic carbocycles. The van der Waals surface area contributed by atoms with Crippen LogP contribution in [0.3, 0.4) is 0 Å². The molecule has 1 fully saturated rings. The molecule has 27 heavy (non-hydrogen) atoms. The molecule has 0 spiro atoms. The first kappa shape index (κ1) is 18.7. The number of carbonyl (C=O) groups is 2. The van der Waals surface area contributed by atoms with Crippen molar-refractivity contribution in [3.8, 4) is 11.5 Å². The largest absolute Gasteiger partial charge is 0.493 e. The summed E-state index contributed by atoms with van der Waals surface area (Å²) in [6, 6.07) is 6.80. The van der Waals surface area contributed by atoms with Gasteiger partial charge in [0.05, 0.1) is 25.5 Å². The van der Waals surface area contributed by atoms with E-state index in [4.69, 9.17) is 9.47 Å². The van der Waals surface area contributed by atoms with Gasteiger partial charge in [0.1, 0.15) is 5.82 Å². The molecule has 0 saturated carbocycles. The van der Waals surface area contributed by atoms with Crippen molar-refractivity contribution in [3.63, 3.8) is 0 Å². The Morgan fingerprint density at radius 3 is 2.78 bits per heavy atom. The number of anilines is 1. The monoisotopic (exact) mass is 373 g/mol. The summed E-state index contributed by atoms with van der Waals surface area (Å²) in [6.07, 6.45) is -0.156. The van der Waals surface area contributed by atoms with E-state index in [1.165, 1.54) is 14.2 Å². The maximum Gasteiger partial charge on any atom is 0.260 e. The smallest absolute Gasteiger partial charge is 0.260 e. The van der Waals surface area contributed by atoms with Crippen LogP contribution in [0.15, 0.2) is 24.3 Å².